The summed E-state index contributed by atoms with van der Waals surface area (Å²) in [6.07, 6.45) is 4.50. The molecule has 4 nitrogen and oxygen atoms in total. The average molecular weight is 195 g/mol. The molecule has 1 aromatic rings. The number of hydrogen-bond donors (Lipinski definition) is 2. The maximum Gasteiger partial charge on any atom is 0.0497 e. The molecule has 0 saturated carbocycles. The van der Waals surface area contributed by atoms with E-state index in [1.54, 1.807) is 7.11 Å². The molecule has 0 amide bonds. The van der Waals surface area contributed by atoms with Crippen LogP contribution in [0.25, 0.3) is 0 Å². The van der Waals surface area contributed by atoms with Crippen LogP contribution in [0.5, 0.6) is 0 Å². The summed E-state index contributed by atoms with van der Waals surface area (Å²) in [5, 5.41) is 0. The standard InChI is InChI=1S/C10H17N3O/c1-8-5-9(7-12-6-8)10(13-11)3-4-14-2/h5-7,10,13H,3-4,11H2,1-2H3. The van der Waals surface area contributed by atoms with Crippen molar-refractivity contribution in [3.8, 4) is 0 Å². The molecule has 0 spiro atoms. The van der Waals surface area contributed by atoms with Gasteiger partial charge in [-0.2, -0.15) is 0 Å². The van der Waals surface area contributed by atoms with Crippen LogP contribution in [0, 0.1) is 6.92 Å². The fourth-order valence-corrected chi connectivity index (χ4v) is 1.35. The third kappa shape index (κ3) is 3.06. The zero-order chi connectivity index (χ0) is 10.4. The highest BCUT2D eigenvalue weighted by atomic mass is 16.5. The first kappa shape index (κ1) is 11.1. The molecule has 0 aromatic carbocycles. The Morgan fingerprint density at radius 3 is 2.93 bits per heavy atom. The van der Waals surface area contributed by atoms with E-state index in [2.05, 4.69) is 16.5 Å². The summed E-state index contributed by atoms with van der Waals surface area (Å²) in [5.41, 5.74) is 5.00. The Morgan fingerprint density at radius 2 is 2.36 bits per heavy atom. The lowest BCUT2D eigenvalue weighted by molar-refractivity contribution is 0.183. The number of methoxy groups -OCH3 is 1. The summed E-state index contributed by atoms with van der Waals surface area (Å²) in [6.45, 7) is 2.70. The summed E-state index contributed by atoms with van der Waals surface area (Å²) in [4.78, 5) is 4.12. The molecular formula is C10H17N3O. The Kier molecular flexibility index (Phi) is 4.52. The van der Waals surface area contributed by atoms with Gasteiger partial charge in [0.15, 0.2) is 0 Å². The number of aromatic nitrogens is 1. The van der Waals surface area contributed by atoms with Crippen LogP contribution in [0.2, 0.25) is 0 Å². The van der Waals surface area contributed by atoms with Crippen LogP contribution in [0.3, 0.4) is 0 Å². The van der Waals surface area contributed by atoms with E-state index in [1.807, 2.05) is 19.3 Å². The number of nitrogens with zero attached hydrogens (tertiary/aromatic N) is 1. The van der Waals surface area contributed by atoms with Gasteiger partial charge >= 0.3 is 0 Å². The van der Waals surface area contributed by atoms with Gasteiger partial charge in [0.05, 0.1) is 0 Å². The zero-order valence-corrected chi connectivity index (χ0v) is 8.66. The van der Waals surface area contributed by atoms with E-state index < -0.39 is 0 Å². The molecule has 0 aliphatic heterocycles. The van der Waals surface area contributed by atoms with Gasteiger partial charge in [0.1, 0.15) is 0 Å². The number of rotatable bonds is 5. The van der Waals surface area contributed by atoms with Crippen molar-refractivity contribution in [3.05, 3.63) is 29.6 Å². The van der Waals surface area contributed by atoms with Gasteiger partial charge in [-0.05, 0) is 24.5 Å². The van der Waals surface area contributed by atoms with Crippen molar-refractivity contribution in [2.24, 2.45) is 5.84 Å². The van der Waals surface area contributed by atoms with Gasteiger partial charge in [-0.25, -0.2) is 0 Å². The number of aryl methyl sites for hydroxylation is 1. The maximum atomic E-state index is 5.46. The molecule has 4 heteroatoms. The van der Waals surface area contributed by atoms with Gasteiger partial charge in [-0.1, -0.05) is 6.07 Å². The van der Waals surface area contributed by atoms with Crippen molar-refractivity contribution in [1.29, 1.82) is 0 Å². The first-order valence-electron chi connectivity index (χ1n) is 4.64. The minimum Gasteiger partial charge on any atom is -0.385 e. The summed E-state index contributed by atoms with van der Waals surface area (Å²) in [7, 11) is 1.68. The van der Waals surface area contributed by atoms with Crippen LogP contribution in [-0.2, 0) is 4.74 Å². The molecule has 1 atom stereocenters. The van der Waals surface area contributed by atoms with Crippen LogP contribution >= 0.6 is 0 Å². The van der Waals surface area contributed by atoms with Crippen molar-refractivity contribution in [3.63, 3.8) is 0 Å². The second kappa shape index (κ2) is 5.70. The molecule has 0 aliphatic rings. The Morgan fingerprint density at radius 1 is 1.57 bits per heavy atom. The van der Waals surface area contributed by atoms with E-state index in [9.17, 15) is 0 Å². The third-order valence-electron chi connectivity index (χ3n) is 2.11. The average Bonchev–Trinajstić information content (AvgIpc) is 2.19. The molecule has 0 saturated heterocycles. The molecule has 1 heterocycles. The first-order chi connectivity index (χ1) is 6.77. The summed E-state index contributed by atoms with van der Waals surface area (Å²) < 4.78 is 5.01. The van der Waals surface area contributed by atoms with Crippen LogP contribution in [0.1, 0.15) is 23.6 Å². The molecule has 0 radical (unpaired) electrons. The summed E-state index contributed by atoms with van der Waals surface area (Å²) >= 11 is 0. The normalized spacial score (nSPS) is 12.8. The molecular weight excluding hydrogens is 178 g/mol. The fraction of sp³-hybridized carbons (Fsp3) is 0.500. The molecule has 1 aromatic heterocycles. The van der Waals surface area contributed by atoms with E-state index in [0.29, 0.717) is 6.61 Å². The van der Waals surface area contributed by atoms with Crippen LogP contribution in [0.15, 0.2) is 18.5 Å². The number of ether oxygens (including phenoxy) is 1. The topological polar surface area (TPSA) is 60.2 Å². The van der Waals surface area contributed by atoms with Crippen LogP contribution in [0.4, 0.5) is 0 Å². The van der Waals surface area contributed by atoms with Gasteiger partial charge in [0, 0.05) is 32.2 Å². The third-order valence-corrected chi connectivity index (χ3v) is 2.11. The molecule has 1 unspecified atom stereocenters. The van der Waals surface area contributed by atoms with E-state index >= 15 is 0 Å². The smallest absolute Gasteiger partial charge is 0.0497 e. The van der Waals surface area contributed by atoms with Crippen LogP contribution < -0.4 is 11.3 Å². The van der Waals surface area contributed by atoms with Gasteiger partial charge < -0.3 is 4.74 Å². The Hall–Kier alpha value is -0.970. The number of hydrazine groups is 1. The van der Waals surface area contributed by atoms with Crippen molar-refractivity contribution in [2.75, 3.05) is 13.7 Å². The maximum absolute atomic E-state index is 5.46. The van der Waals surface area contributed by atoms with Gasteiger partial charge in [0.25, 0.3) is 0 Å². The van der Waals surface area contributed by atoms with Crippen LogP contribution in [-0.4, -0.2) is 18.7 Å². The molecule has 0 aliphatic carbocycles. The summed E-state index contributed by atoms with van der Waals surface area (Å²) in [5.74, 6) is 5.46. The van der Waals surface area contributed by atoms with E-state index in [0.717, 1.165) is 17.5 Å². The minimum absolute atomic E-state index is 0.113. The molecule has 78 valence electrons. The van der Waals surface area contributed by atoms with Gasteiger partial charge in [-0.15, -0.1) is 0 Å². The van der Waals surface area contributed by atoms with E-state index in [-0.39, 0.29) is 6.04 Å². The molecule has 0 bridgehead atoms. The lowest BCUT2D eigenvalue weighted by Gasteiger charge is -2.15. The van der Waals surface area contributed by atoms with E-state index in [1.165, 1.54) is 0 Å². The number of nitrogens with two attached hydrogens (primary N) is 1. The predicted octanol–water partition coefficient (Wildman–Crippen LogP) is 0.931. The second-order valence-electron chi connectivity index (χ2n) is 3.30. The second-order valence-corrected chi connectivity index (χ2v) is 3.30. The highest BCUT2D eigenvalue weighted by Crippen LogP contribution is 2.15. The molecule has 0 fully saturated rings. The zero-order valence-electron chi connectivity index (χ0n) is 8.66. The Bertz CT molecular complexity index is 278. The van der Waals surface area contributed by atoms with Gasteiger partial charge in [-0.3, -0.25) is 16.3 Å². The fourth-order valence-electron chi connectivity index (χ4n) is 1.35. The Labute approximate surface area is 84.4 Å². The highest BCUT2D eigenvalue weighted by Gasteiger charge is 2.09. The van der Waals surface area contributed by atoms with Crippen molar-refractivity contribution >= 4 is 0 Å². The molecule has 3 N–H and O–H groups in total. The first-order valence-corrected chi connectivity index (χ1v) is 4.64. The number of hydrogen-bond acceptors (Lipinski definition) is 4. The monoisotopic (exact) mass is 195 g/mol. The molecule has 1 rings (SSSR count). The minimum atomic E-state index is 0.113. The van der Waals surface area contributed by atoms with E-state index in [4.69, 9.17) is 10.6 Å². The Balaban J connectivity index is 2.68. The number of pyridine rings is 1. The molecule has 14 heavy (non-hydrogen) atoms. The SMILES string of the molecule is COCCC(NN)c1cncc(C)c1. The largest absolute Gasteiger partial charge is 0.385 e. The quantitative estimate of drug-likeness (QED) is 0.542. The van der Waals surface area contributed by atoms with Crippen molar-refractivity contribution in [2.45, 2.75) is 19.4 Å². The lowest BCUT2D eigenvalue weighted by atomic mass is 10.1. The summed E-state index contributed by atoms with van der Waals surface area (Å²) in [6, 6.07) is 2.19. The lowest BCUT2D eigenvalue weighted by Crippen LogP contribution is -2.29. The number of nitrogens with one attached hydrogen (secondary N) is 1. The predicted molar refractivity (Wildman–Crippen MR) is 55.5 cm³/mol. The van der Waals surface area contributed by atoms with Crippen molar-refractivity contribution < 1.29 is 4.74 Å². The van der Waals surface area contributed by atoms with Crippen molar-refractivity contribution in [1.82, 2.24) is 10.4 Å². The van der Waals surface area contributed by atoms with Gasteiger partial charge in [0.2, 0.25) is 0 Å². The highest BCUT2D eigenvalue weighted by molar-refractivity contribution is 5.19.